The van der Waals surface area contributed by atoms with Gasteiger partial charge < -0.3 is 15.4 Å². The molecule has 5 nitrogen and oxygen atoms in total. The molecule has 0 aliphatic rings. The smallest absolute Gasteiger partial charge is 0.407 e. The summed E-state index contributed by atoms with van der Waals surface area (Å²) in [5.41, 5.74) is 2.65. The third-order valence-corrected chi connectivity index (χ3v) is 6.39. The second-order valence-corrected chi connectivity index (χ2v) is 11.2. The average molecular weight is 441 g/mol. The van der Waals surface area contributed by atoms with Gasteiger partial charge in [-0.1, -0.05) is 55.3 Å². The SMILES string of the molecule is CC(C)c1cc(C(=O)NCCSSCCNC(=O)OC(C)(C)C)cc(C(C)C)c1. The maximum Gasteiger partial charge on any atom is 0.407 e. The number of ether oxygens (including phenoxy) is 1. The Morgan fingerprint density at radius 3 is 1.83 bits per heavy atom. The maximum atomic E-state index is 12.5. The fraction of sp³-hybridized carbons (Fsp3) is 0.636. The molecule has 0 atom stereocenters. The Morgan fingerprint density at radius 2 is 1.38 bits per heavy atom. The van der Waals surface area contributed by atoms with Crippen LogP contribution in [0.1, 0.15) is 81.8 Å². The van der Waals surface area contributed by atoms with Crippen molar-refractivity contribution in [2.45, 2.75) is 65.9 Å². The number of hydrogen-bond donors (Lipinski definition) is 2. The summed E-state index contributed by atoms with van der Waals surface area (Å²) in [5, 5.41) is 5.74. The van der Waals surface area contributed by atoms with Gasteiger partial charge in [0.25, 0.3) is 5.91 Å². The molecule has 0 saturated heterocycles. The number of hydrogen-bond acceptors (Lipinski definition) is 5. The zero-order valence-electron chi connectivity index (χ0n) is 18.8. The molecule has 2 amide bonds. The Hall–Kier alpha value is -1.34. The molecule has 0 fully saturated rings. The summed E-state index contributed by atoms with van der Waals surface area (Å²) in [4.78, 5) is 24.1. The van der Waals surface area contributed by atoms with Crippen LogP contribution in [-0.4, -0.2) is 42.2 Å². The van der Waals surface area contributed by atoms with Gasteiger partial charge in [0.05, 0.1) is 0 Å². The molecular weight excluding hydrogens is 404 g/mol. The lowest BCUT2D eigenvalue weighted by molar-refractivity contribution is 0.0531. The number of benzene rings is 1. The van der Waals surface area contributed by atoms with Crippen molar-refractivity contribution in [3.8, 4) is 0 Å². The number of carbonyl (C=O) groups excluding carboxylic acids is 2. The van der Waals surface area contributed by atoms with E-state index >= 15 is 0 Å². The van der Waals surface area contributed by atoms with Crippen LogP contribution in [0, 0.1) is 0 Å². The van der Waals surface area contributed by atoms with Gasteiger partial charge in [-0.2, -0.15) is 0 Å². The maximum absolute atomic E-state index is 12.5. The lowest BCUT2D eigenvalue weighted by atomic mass is 9.93. The van der Waals surface area contributed by atoms with E-state index in [9.17, 15) is 9.59 Å². The van der Waals surface area contributed by atoms with Crippen molar-refractivity contribution in [2.24, 2.45) is 0 Å². The first kappa shape index (κ1) is 25.7. The fourth-order valence-electron chi connectivity index (χ4n) is 2.41. The first-order valence-electron chi connectivity index (χ1n) is 10.1. The van der Waals surface area contributed by atoms with Crippen LogP contribution in [-0.2, 0) is 4.74 Å². The highest BCUT2D eigenvalue weighted by molar-refractivity contribution is 8.76. The summed E-state index contributed by atoms with van der Waals surface area (Å²) in [7, 11) is 3.35. The van der Waals surface area contributed by atoms with Gasteiger partial charge in [0.2, 0.25) is 0 Å². The summed E-state index contributed by atoms with van der Waals surface area (Å²) in [5.74, 6) is 2.35. The van der Waals surface area contributed by atoms with Gasteiger partial charge in [-0.3, -0.25) is 4.79 Å². The van der Waals surface area contributed by atoms with E-state index in [1.807, 2.05) is 32.9 Å². The summed E-state index contributed by atoms with van der Waals surface area (Å²) in [6, 6.07) is 6.19. The first-order chi connectivity index (χ1) is 13.5. The van der Waals surface area contributed by atoms with Gasteiger partial charge in [0.1, 0.15) is 5.60 Å². The van der Waals surface area contributed by atoms with E-state index in [1.165, 1.54) is 11.1 Å². The Bertz CT molecular complexity index is 644. The van der Waals surface area contributed by atoms with Crippen molar-refractivity contribution in [2.75, 3.05) is 24.6 Å². The highest BCUT2D eigenvalue weighted by atomic mass is 33.1. The number of amides is 2. The molecule has 0 radical (unpaired) electrons. The predicted octanol–water partition coefficient (Wildman–Crippen LogP) is 5.57. The average Bonchev–Trinajstić information content (AvgIpc) is 2.61. The van der Waals surface area contributed by atoms with Gasteiger partial charge in [-0.15, -0.1) is 0 Å². The molecule has 0 unspecified atom stereocenters. The van der Waals surface area contributed by atoms with E-state index in [-0.39, 0.29) is 12.0 Å². The van der Waals surface area contributed by atoms with Gasteiger partial charge >= 0.3 is 6.09 Å². The molecule has 2 N–H and O–H groups in total. The number of carbonyl (C=O) groups is 2. The zero-order chi connectivity index (χ0) is 22.0. The van der Waals surface area contributed by atoms with Crippen molar-refractivity contribution >= 4 is 33.6 Å². The molecule has 0 saturated carbocycles. The molecule has 0 spiro atoms. The van der Waals surface area contributed by atoms with Crippen molar-refractivity contribution in [3.63, 3.8) is 0 Å². The van der Waals surface area contributed by atoms with Gasteiger partial charge in [0.15, 0.2) is 0 Å². The minimum absolute atomic E-state index is 0.0217. The molecule has 1 rings (SSSR count). The molecule has 29 heavy (non-hydrogen) atoms. The molecule has 0 heterocycles. The van der Waals surface area contributed by atoms with Gasteiger partial charge in [-0.05, 0) is 55.9 Å². The van der Waals surface area contributed by atoms with E-state index in [1.54, 1.807) is 21.6 Å². The van der Waals surface area contributed by atoms with E-state index in [4.69, 9.17) is 4.74 Å². The van der Waals surface area contributed by atoms with Crippen LogP contribution in [0.5, 0.6) is 0 Å². The number of nitrogens with one attached hydrogen (secondary N) is 2. The molecule has 0 aliphatic carbocycles. The van der Waals surface area contributed by atoms with E-state index < -0.39 is 5.60 Å². The van der Waals surface area contributed by atoms with Crippen LogP contribution in [0.4, 0.5) is 4.79 Å². The first-order valence-corrected chi connectivity index (χ1v) is 12.6. The lowest BCUT2D eigenvalue weighted by Crippen LogP contribution is -2.33. The number of rotatable bonds is 10. The highest BCUT2D eigenvalue weighted by Crippen LogP contribution is 2.24. The fourth-order valence-corrected chi connectivity index (χ4v) is 4.22. The van der Waals surface area contributed by atoms with E-state index in [0.717, 1.165) is 17.1 Å². The normalized spacial score (nSPS) is 11.6. The van der Waals surface area contributed by atoms with Crippen LogP contribution < -0.4 is 10.6 Å². The monoisotopic (exact) mass is 440 g/mol. The van der Waals surface area contributed by atoms with Gasteiger partial charge in [-0.25, -0.2) is 4.79 Å². The molecular formula is C22H36N2O3S2. The van der Waals surface area contributed by atoms with Crippen LogP contribution in [0.25, 0.3) is 0 Å². The Kier molecular flexibility index (Phi) is 11.0. The molecule has 0 aromatic heterocycles. The summed E-state index contributed by atoms with van der Waals surface area (Å²) in [6.07, 6.45) is -0.389. The molecule has 1 aromatic rings. The Morgan fingerprint density at radius 1 is 0.897 bits per heavy atom. The minimum Gasteiger partial charge on any atom is -0.444 e. The van der Waals surface area contributed by atoms with Crippen molar-refractivity contribution in [1.82, 2.24) is 10.6 Å². The van der Waals surface area contributed by atoms with Crippen LogP contribution in [0.2, 0.25) is 0 Å². The zero-order valence-corrected chi connectivity index (χ0v) is 20.4. The predicted molar refractivity (Wildman–Crippen MR) is 126 cm³/mol. The largest absolute Gasteiger partial charge is 0.444 e. The minimum atomic E-state index is -0.477. The van der Waals surface area contributed by atoms with E-state index in [2.05, 4.69) is 44.4 Å². The van der Waals surface area contributed by atoms with Crippen molar-refractivity contribution in [3.05, 3.63) is 34.9 Å². The van der Waals surface area contributed by atoms with Crippen LogP contribution >= 0.6 is 21.6 Å². The van der Waals surface area contributed by atoms with Gasteiger partial charge in [0, 0.05) is 30.2 Å². The van der Waals surface area contributed by atoms with Crippen molar-refractivity contribution < 1.29 is 14.3 Å². The second-order valence-electron chi connectivity index (χ2n) is 8.53. The summed E-state index contributed by atoms with van der Waals surface area (Å²) >= 11 is 0. The van der Waals surface area contributed by atoms with E-state index in [0.29, 0.717) is 24.9 Å². The topological polar surface area (TPSA) is 67.4 Å². The summed E-state index contributed by atoms with van der Waals surface area (Å²) < 4.78 is 5.18. The third-order valence-electron chi connectivity index (χ3n) is 3.98. The van der Waals surface area contributed by atoms with Crippen molar-refractivity contribution in [1.29, 1.82) is 0 Å². The number of alkyl carbamates (subject to hydrolysis) is 1. The molecule has 164 valence electrons. The Labute approximate surface area is 183 Å². The third kappa shape index (κ3) is 10.8. The van der Waals surface area contributed by atoms with Crippen LogP contribution in [0.15, 0.2) is 18.2 Å². The molecule has 0 aliphatic heterocycles. The molecule has 7 heteroatoms. The second kappa shape index (κ2) is 12.4. The highest BCUT2D eigenvalue weighted by Gasteiger charge is 2.15. The van der Waals surface area contributed by atoms with Crippen LogP contribution in [0.3, 0.4) is 0 Å². The molecule has 1 aromatic carbocycles. The standard InChI is InChI=1S/C22H36N2O3S2/c1-15(2)17-12-18(16(3)4)14-19(13-17)20(25)23-8-10-28-29-11-9-24-21(26)27-22(5,6)7/h12-16H,8-11H2,1-7H3,(H,23,25)(H,24,26). The quantitative estimate of drug-likeness (QED) is 0.368. The molecule has 0 bridgehead atoms. The Balaban J connectivity index is 2.30. The summed E-state index contributed by atoms with van der Waals surface area (Å²) in [6.45, 7) is 15.3. The lowest BCUT2D eigenvalue weighted by Gasteiger charge is -2.19.